The fraction of sp³-hybridized carbons (Fsp3) is 0.571. The van der Waals surface area contributed by atoms with Crippen molar-refractivity contribution < 1.29 is 9.84 Å². The van der Waals surface area contributed by atoms with Crippen molar-refractivity contribution in [3.05, 3.63) is 29.8 Å². The first-order valence-electron chi connectivity index (χ1n) is 6.25. The summed E-state index contributed by atoms with van der Waals surface area (Å²) in [4.78, 5) is 0. The molecule has 0 spiro atoms. The van der Waals surface area contributed by atoms with Gasteiger partial charge in [-0.15, -0.1) is 0 Å². The Morgan fingerprint density at radius 2 is 2.12 bits per heavy atom. The van der Waals surface area contributed by atoms with E-state index < -0.39 is 0 Å². The summed E-state index contributed by atoms with van der Waals surface area (Å²) >= 11 is 0. The molecule has 2 nitrogen and oxygen atoms in total. The zero-order valence-electron chi connectivity index (χ0n) is 9.43. The van der Waals surface area contributed by atoms with E-state index in [0.717, 1.165) is 30.9 Å². The monoisotopic (exact) mass is 218 g/mol. The SMILES string of the molecule is OC(CCC1CC1)C1Cc2ccccc2O1. The van der Waals surface area contributed by atoms with Gasteiger partial charge in [-0.05, 0) is 30.4 Å². The average Bonchev–Trinajstić information content (AvgIpc) is 3.02. The molecule has 1 aromatic rings. The van der Waals surface area contributed by atoms with Crippen molar-refractivity contribution in [1.82, 2.24) is 0 Å². The number of hydrogen-bond acceptors (Lipinski definition) is 2. The Labute approximate surface area is 96.2 Å². The fourth-order valence-electron chi connectivity index (χ4n) is 2.42. The van der Waals surface area contributed by atoms with E-state index in [-0.39, 0.29) is 12.2 Å². The van der Waals surface area contributed by atoms with Gasteiger partial charge in [0.2, 0.25) is 0 Å². The van der Waals surface area contributed by atoms with Crippen LogP contribution in [-0.4, -0.2) is 17.3 Å². The average molecular weight is 218 g/mol. The predicted octanol–water partition coefficient (Wildman–Crippen LogP) is 2.54. The molecule has 0 saturated heterocycles. The summed E-state index contributed by atoms with van der Waals surface area (Å²) < 4.78 is 5.77. The molecule has 2 aliphatic rings. The molecule has 2 heteroatoms. The topological polar surface area (TPSA) is 29.5 Å². The quantitative estimate of drug-likeness (QED) is 0.841. The predicted molar refractivity (Wildman–Crippen MR) is 62.5 cm³/mol. The second-order valence-corrected chi connectivity index (χ2v) is 5.06. The van der Waals surface area contributed by atoms with E-state index in [1.54, 1.807) is 0 Å². The summed E-state index contributed by atoms with van der Waals surface area (Å²) in [5.41, 5.74) is 1.23. The number of benzene rings is 1. The van der Waals surface area contributed by atoms with Gasteiger partial charge in [0.05, 0.1) is 6.10 Å². The highest BCUT2D eigenvalue weighted by Crippen LogP contribution is 2.35. The van der Waals surface area contributed by atoms with Crippen molar-refractivity contribution in [2.24, 2.45) is 5.92 Å². The van der Waals surface area contributed by atoms with Crippen LogP contribution in [0.1, 0.15) is 31.2 Å². The molecular weight excluding hydrogens is 200 g/mol. The Morgan fingerprint density at radius 1 is 1.31 bits per heavy atom. The number of hydrogen-bond donors (Lipinski definition) is 1. The van der Waals surface area contributed by atoms with Crippen molar-refractivity contribution in [2.75, 3.05) is 0 Å². The maximum Gasteiger partial charge on any atom is 0.129 e. The number of ether oxygens (including phenoxy) is 1. The van der Waals surface area contributed by atoms with Crippen LogP contribution < -0.4 is 4.74 Å². The van der Waals surface area contributed by atoms with E-state index in [9.17, 15) is 5.11 Å². The summed E-state index contributed by atoms with van der Waals surface area (Å²) in [6, 6.07) is 8.09. The molecule has 0 aromatic heterocycles. The van der Waals surface area contributed by atoms with Crippen LogP contribution in [0.4, 0.5) is 0 Å². The van der Waals surface area contributed by atoms with Crippen LogP contribution in [0, 0.1) is 5.92 Å². The number of para-hydroxylation sites is 1. The molecule has 1 aliphatic carbocycles. The molecule has 1 fully saturated rings. The molecule has 2 unspecified atom stereocenters. The Kier molecular flexibility index (Phi) is 2.60. The summed E-state index contributed by atoms with van der Waals surface area (Å²) in [5, 5.41) is 10.1. The molecule has 3 rings (SSSR count). The standard InChI is InChI=1S/C14H18O2/c15-12(8-7-10-5-6-10)14-9-11-3-1-2-4-13(11)16-14/h1-4,10,12,14-15H,5-9H2. The molecule has 1 saturated carbocycles. The molecule has 1 aliphatic heterocycles. The lowest BCUT2D eigenvalue weighted by atomic mass is 10.0. The summed E-state index contributed by atoms with van der Waals surface area (Å²) in [5.74, 6) is 1.84. The number of aliphatic hydroxyl groups excluding tert-OH is 1. The summed E-state index contributed by atoms with van der Waals surface area (Å²) in [6.07, 6.45) is 5.32. The molecule has 2 atom stereocenters. The molecule has 0 bridgehead atoms. The molecule has 86 valence electrons. The van der Waals surface area contributed by atoms with Gasteiger partial charge in [-0.1, -0.05) is 31.0 Å². The first-order valence-corrected chi connectivity index (χ1v) is 6.25. The minimum absolute atomic E-state index is 0.0175. The van der Waals surface area contributed by atoms with Crippen molar-refractivity contribution >= 4 is 0 Å². The van der Waals surface area contributed by atoms with E-state index in [2.05, 4.69) is 6.07 Å². The third-order valence-electron chi connectivity index (χ3n) is 3.67. The van der Waals surface area contributed by atoms with Crippen LogP contribution in [-0.2, 0) is 6.42 Å². The lowest BCUT2D eigenvalue weighted by molar-refractivity contribution is 0.0417. The molecule has 0 radical (unpaired) electrons. The third-order valence-corrected chi connectivity index (χ3v) is 3.67. The first-order chi connectivity index (χ1) is 7.83. The second-order valence-electron chi connectivity index (χ2n) is 5.06. The highest BCUT2D eigenvalue weighted by atomic mass is 16.5. The van der Waals surface area contributed by atoms with E-state index in [1.807, 2.05) is 18.2 Å². The smallest absolute Gasteiger partial charge is 0.129 e. The van der Waals surface area contributed by atoms with Crippen molar-refractivity contribution in [3.8, 4) is 5.75 Å². The zero-order valence-corrected chi connectivity index (χ0v) is 9.43. The molecule has 0 amide bonds. The van der Waals surface area contributed by atoms with Crippen LogP contribution in [0.15, 0.2) is 24.3 Å². The van der Waals surface area contributed by atoms with E-state index >= 15 is 0 Å². The molecule has 1 aromatic carbocycles. The lowest BCUT2D eigenvalue weighted by Crippen LogP contribution is -2.30. The minimum atomic E-state index is -0.298. The van der Waals surface area contributed by atoms with E-state index in [4.69, 9.17) is 4.74 Å². The third kappa shape index (κ3) is 2.07. The van der Waals surface area contributed by atoms with Gasteiger partial charge in [-0.3, -0.25) is 0 Å². The lowest BCUT2D eigenvalue weighted by Gasteiger charge is -2.17. The molecule has 1 heterocycles. The normalized spacial score (nSPS) is 24.9. The zero-order chi connectivity index (χ0) is 11.0. The number of aliphatic hydroxyl groups is 1. The number of rotatable bonds is 4. The fourth-order valence-corrected chi connectivity index (χ4v) is 2.42. The van der Waals surface area contributed by atoms with Crippen molar-refractivity contribution in [2.45, 2.75) is 44.3 Å². The molecule has 16 heavy (non-hydrogen) atoms. The van der Waals surface area contributed by atoms with E-state index in [1.165, 1.54) is 18.4 Å². The van der Waals surface area contributed by atoms with Crippen LogP contribution in [0.3, 0.4) is 0 Å². The minimum Gasteiger partial charge on any atom is -0.487 e. The van der Waals surface area contributed by atoms with Gasteiger partial charge in [-0.2, -0.15) is 0 Å². The Morgan fingerprint density at radius 3 is 2.88 bits per heavy atom. The maximum absolute atomic E-state index is 10.1. The Hall–Kier alpha value is -1.02. The highest BCUT2D eigenvalue weighted by Gasteiger charge is 2.30. The van der Waals surface area contributed by atoms with Crippen LogP contribution in [0.25, 0.3) is 0 Å². The van der Waals surface area contributed by atoms with Gasteiger partial charge in [0.25, 0.3) is 0 Å². The van der Waals surface area contributed by atoms with Crippen LogP contribution >= 0.6 is 0 Å². The Bertz CT molecular complexity index is 346. The summed E-state index contributed by atoms with van der Waals surface area (Å²) in [7, 11) is 0. The van der Waals surface area contributed by atoms with Gasteiger partial charge in [-0.25, -0.2) is 0 Å². The first kappa shape index (κ1) is 10.2. The van der Waals surface area contributed by atoms with Gasteiger partial charge in [0.1, 0.15) is 11.9 Å². The van der Waals surface area contributed by atoms with Crippen LogP contribution in [0.2, 0.25) is 0 Å². The van der Waals surface area contributed by atoms with Gasteiger partial charge < -0.3 is 9.84 Å². The molecule has 1 N–H and O–H groups in total. The number of fused-ring (bicyclic) bond motifs is 1. The largest absolute Gasteiger partial charge is 0.487 e. The van der Waals surface area contributed by atoms with Crippen LogP contribution in [0.5, 0.6) is 5.75 Å². The van der Waals surface area contributed by atoms with Crippen molar-refractivity contribution in [3.63, 3.8) is 0 Å². The summed E-state index contributed by atoms with van der Waals surface area (Å²) in [6.45, 7) is 0. The van der Waals surface area contributed by atoms with Gasteiger partial charge in [0.15, 0.2) is 0 Å². The van der Waals surface area contributed by atoms with Crippen molar-refractivity contribution in [1.29, 1.82) is 0 Å². The van der Waals surface area contributed by atoms with Gasteiger partial charge >= 0.3 is 0 Å². The van der Waals surface area contributed by atoms with E-state index in [0.29, 0.717) is 0 Å². The Balaban J connectivity index is 1.57. The maximum atomic E-state index is 10.1. The molecular formula is C14H18O2. The highest BCUT2D eigenvalue weighted by molar-refractivity contribution is 5.37. The van der Waals surface area contributed by atoms with Gasteiger partial charge in [0, 0.05) is 6.42 Å². The second kappa shape index (κ2) is 4.10.